The highest BCUT2D eigenvalue weighted by Gasteiger charge is 2.09. The van der Waals surface area contributed by atoms with Gasteiger partial charge in [0.05, 0.1) is 0 Å². The van der Waals surface area contributed by atoms with E-state index in [1.165, 1.54) is 0 Å². The van der Waals surface area contributed by atoms with Crippen LogP contribution in [0.4, 0.5) is 0 Å². The van der Waals surface area contributed by atoms with E-state index in [0.717, 1.165) is 41.3 Å². The fraction of sp³-hybridized carbons (Fsp3) is 0.294. The molecule has 0 saturated heterocycles. The molecule has 1 radical (unpaired) electrons. The summed E-state index contributed by atoms with van der Waals surface area (Å²) in [6.07, 6.45) is 1.74. The van der Waals surface area contributed by atoms with Crippen LogP contribution in [-0.2, 0) is 11.2 Å². The lowest BCUT2D eigenvalue weighted by Crippen LogP contribution is -1.98. The molecule has 3 nitrogen and oxygen atoms in total. The molecule has 123 valence electrons. The monoisotopic (exact) mass is 369 g/mol. The van der Waals surface area contributed by atoms with Crippen molar-refractivity contribution < 1.29 is 14.6 Å². The standard InChI is InChI=1S/C17H19Cl2O3Si/c1-21-12-22-16-7-4-13(5-8-16)17-9-6-15(20)11-14(17)3-2-10-23(18)19/h4-9,11,20H,2-3,10,12H2,1H3. The lowest BCUT2D eigenvalue weighted by molar-refractivity contribution is 0.0511. The SMILES string of the molecule is COCOc1ccc(-c2ccc(O)cc2CCC[Si](Cl)Cl)cc1. The number of rotatable bonds is 8. The fourth-order valence-electron chi connectivity index (χ4n) is 2.34. The average molecular weight is 370 g/mol. The van der Waals surface area contributed by atoms with Gasteiger partial charge in [-0.1, -0.05) is 18.2 Å². The Hall–Kier alpha value is -1.20. The minimum Gasteiger partial charge on any atom is -0.508 e. The quantitative estimate of drug-likeness (QED) is 0.406. The van der Waals surface area contributed by atoms with Crippen LogP contribution in [0.1, 0.15) is 12.0 Å². The molecule has 0 heterocycles. The molecule has 6 heteroatoms. The first kappa shape index (κ1) is 18.1. The molecule has 0 amide bonds. The second-order valence-corrected chi connectivity index (χ2v) is 9.60. The highest BCUT2D eigenvalue weighted by Crippen LogP contribution is 2.30. The smallest absolute Gasteiger partial charge is 0.273 e. The van der Waals surface area contributed by atoms with Gasteiger partial charge in [0.2, 0.25) is 0 Å². The molecule has 2 aromatic carbocycles. The number of phenolic OH excluding ortho intramolecular Hbond substituents is 1. The summed E-state index contributed by atoms with van der Waals surface area (Å²) in [4.78, 5) is 0. The van der Waals surface area contributed by atoms with E-state index < -0.39 is 7.42 Å². The molecule has 0 aliphatic heterocycles. The Balaban J connectivity index is 2.17. The number of benzene rings is 2. The molecular weight excluding hydrogens is 351 g/mol. The number of aromatic hydroxyl groups is 1. The first-order valence-corrected chi connectivity index (χ1v) is 11.0. The molecule has 0 saturated carbocycles. The summed E-state index contributed by atoms with van der Waals surface area (Å²) in [7, 11) is 0.337. The van der Waals surface area contributed by atoms with Gasteiger partial charge < -0.3 is 14.6 Å². The molecule has 0 aliphatic rings. The Morgan fingerprint density at radius 3 is 2.48 bits per heavy atom. The van der Waals surface area contributed by atoms with Crippen molar-refractivity contribution in [1.29, 1.82) is 0 Å². The van der Waals surface area contributed by atoms with E-state index in [1.54, 1.807) is 19.2 Å². The summed E-state index contributed by atoms with van der Waals surface area (Å²) < 4.78 is 10.3. The molecule has 0 spiro atoms. The summed E-state index contributed by atoms with van der Waals surface area (Å²) in [5.41, 5.74) is 3.26. The van der Waals surface area contributed by atoms with E-state index >= 15 is 0 Å². The van der Waals surface area contributed by atoms with E-state index in [-0.39, 0.29) is 12.5 Å². The van der Waals surface area contributed by atoms with Gasteiger partial charge in [0.15, 0.2) is 6.79 Å². The van der Waals surface area contributed by atoms with Crippen LogP contribution in [0, 0.1) is 0 Å². The predicted octanol–water partition coefficient (Wildman–Crippen LogP) is 4.94. The van der Waals surface area contributed by atoms with E-state index in [2.05, 4.69) is 0 Å². The van der Waals surface area contributed by atoms with Crippen LogP contribution in [0.3, 0.4) is 0 Å². The van der Waals surface area contributed by atoms with Gasteiger partial charge in [-0.15, -0.1) is 22.2 Å². The molecule has 2 rings (SSSR count). The van der Waals surface area contributed by atoms with Crippen molar-refractivity contribution in [3.8, 4) is 22.6 Å². The highest BCUT2D eigenvalue weighted by molar-refractivity contribution is 7.33. The Labute approximate surface area is 147 Å². The van der Waals surface area contributed by atoms with Gasteiger partial charge in [0, 0.05) is 7.11 Å². The van der Waals surface area contributed by atoms with Gasteiger partial charge in [0.25, 0.3) is 7.42 Å². The van der Waals surface area contributed by atoms with Crippen LogP contribution < -0.4 is 4.74 Å². The Morgan fingerprint density at radius 1 is 1.09 bits per heavy atom. The minimum atomic E-state index is -1.25. The summed E-state index contributed by atoms with van der Waals surface area (Å²) >= 11 is 11.8. The number of aryl methyl sites for hydroxylation is 1. The third kappa shape index (κ3) is 5.73. The molecule has 0 aliphatic carbocycles. The zero-order valence-electron chi connectivity index (χ0n) is 12.9. The maximum atomic E-state index is 9.75. The normalized spacial score (nSPS) is 11.0. The number of phenols is 1. The summed E-state index contributed by atoms with van der Waals surface area (Å²) in [5.74, 6) is 1.03. The zero-order chi connectivity index (χ0) is 16.7. The third-order valence-corrected chi connectivity index (χ3v) is 5.27. The molecule has 0 unspecified atom stereocenters. The third-order valence-electron chi connectivity index (χ3n) is 3.41. The molecule has 0 aromatic heterocycles. The Kier molecular flexibility index (Phi) is 7.24. The van der Waals surface area contributed by atoms with Crippen LogP contribution >= 0.6 is 22.2 Å². The first-order chi connectivity index (χ1) is 11.1. The van der Waals surface area contributed by atoms with Gasteiger partial charge in [-0.3, -0.25) is 0 Å². The maximum Gasteiger partial charge on any atom is 0.273 e. The number of halogens is 2. The van der Waals surface area contributed by atoms with Gasteiger partial charge in [-0.25, -0.2) is 0 Å². The van der Waals surface area contributed by atoms with Crippen molar-refractivity contribution in [2.24, 2.45) is 0 Å². The average Bonchev–Trinajstić information content (AvgIpc) is 2.53. The lowest BCUT2D eigenvalue weighted by atomic mass is 9.96. The number of hydrogen-bond acceptors (Lipinski definition) is 3. The number of hydrogen-bond donors (Lipinski definition) is 1. The van der Waals surface area contributed by atoms with Crippen molar-refractivity contribution in [1.82, 2.24) is 0 Å². The predicted molar refractivity (Wildman–Crippen MR) is 96.6 cm³/mol. The van der Waals surface area contributed by atoms with E-state index in [4.69, 9.17) is 31.6 Å². The van der Waals surface area contributed by atoms with Crippen LogP contribution in [0.5, 0.6) is 11.5 Å². The number of methoxy groups -OCH3 is 1. The van der Waals surface area contributed by atoms with Gasteiger partial charge in [-0.2, -0.15) is 0 Å². The van der Waals surface area contributed by atoms with Crippen molar-refractivity contribution in [2.45, 2.75) is 18.9 Å². The van der Waals surface area contributed by atoms with E-state index in [0.29, 0.717) is 0 Å². The molecule has 1 N–H and O–H groups in total. The lowest BCUT2D eigenvalue weighted by Gasteiger charge is -2.12. The molecule has 23 heavy (non-hydrogen) atoms. The Bertz CT molecular complexity index is 618. The molecule has 0 fully saturated rings. The maximum absolute atomic E-state index is 9.75. The van der Waals surface area contributed by atoms with E-state index in [1.807, 2.05) is 30.3 Å². The summed E-state index contributed by atoms with van der Waals surface area (Å²) in [5, 5.41) is 9.75. The largest absolute Gasteiger partial charge is 0.508 e. The van der Waals surface area contributed by atoms with E-state index in [9.17, 15) is 5.11 Å². The highest BCUT2D eigenvalue weighted by atomic mass is 35.7. The molecule has 2 aromatic rings. The van der Waals surface area contributed by atoms with Crippen LogP contribution in [0.2, 0.25) is 6.04 Å². The van der Waals surface area contributed by atoms with Gasteiger partial charge >= 0.3 is 0 Å². The van der Waals surface area contributed by atoms with Crippen LogP contribution in [0.15, 0.2) is 42.5 Å². The molecular formula is C17H19Cl2O3Si. The molecule has 0 atom stereocenters. The second kappa shape index (κ2) is 9.18. The Morgan fingerprint density at radius 2 is 1.83 bits per heavy atom. The van der Waals surface area contributed by atoms with Crippen LogP contribution in [-0.4, -0.2) is 26.4 Å². The number of ether oxygens (including phenoxy) is 2. The summed E-state index contributed by atoms with van der Waals surface area (Å²) in [6, 6.07) is 14.1. The second-order valence-electron chi connectivity index (χ2n) is 5.11. The van der Waals surface area contributed by atoms with Crippen molar-refractivity contribution in [3.05, 3.63) is 48.0 Å². The minimum absolute atomic E-state index is 0.227. The van der Waals surface area contributed by atoms with Crippen molar-refractivity contribution >= 4 is 29.6 Å². The van der Waals surface area contributed by atoms with Crippen molar-refractivity contribution in [3.63, 3.8) is 0 Å². The van der Waals surface area contributed by atoms with Gasteiger partial charge in [0.1, 0.15) is 11.5 Å². The summed E-state index contributed by atoms with van der Waals surface area (Å²) in [6.45, 7) is 0.227. The van der Waals surface area contributed by atoms with Crippen LogP contribution in [0.25, 0.3) is 11.1 Å². The first-order valence-electron chi connectivity index (χ1n) is 7.31. The zero-order valence-corrected chi connectivity index (χ0v) is 15.4. The molecule has 0 bridgehead atoms. The fourth-order valence-corrected chi connectivity index (χ4v) is 3.58. The topological polar surface area (TPSA) is 38.7 Å². The van der Waals surface area contributed by atoms with Gasteiger partial charge in [-0.05, 0) is 59.8 Å². The van der Waals surface area contributed by atoms with Crippen molar-refractivity contribution in [2.75, 3.05) is 13.9 Å².